The Hall–Kier alpha value is -2.79. The van der Waals surface area contributed by atoms with E-state index in [0.29, 0.717) is 36.9 Å². The number of carbonyl (C=O) groups is 1. The number of aliphatic imine (C=N–C) groups is 1. The molecule has 3 aliphatic heterocycles. The van der Waals surface area contributed by atoms with E-state index in [1.807, 2.05) is 7.05 Å². The molecule has 1 amide bonds. The summed E-state index contributed by atoms with van der Waals surface area (Å²) in [5.74, 6) is 2.82. The number of aryl methyl sites for hydroxylation is 1. The molecule has 32 heavy (non-hydrogen) atoms. The van der Waals surface area contributed by atoms with Crippen LogP contribution >= 0.6 is 0 Å². The number of amidine groups is 1. The minimum Gasteiger partial charge on any atom is -0.611 e. The first-order valence-electron chi connectivity index (χ1n) is 10.9. The third kappa shape index (κ3) is 4.68. The maximum Gasteiger partial charge on any atom is 0.228 e. The fourth-order valence-corrected chi connectivity index (χ4v) is 5.61. The highest BCUT2D eigenvalue weighted by molar-refractivity contribution is 7.91. The topological polar surface area (TPSA) is 126 Å². The van der Waals surface area contributed by atoms with E-state index in [0.717, 1.165) is 49.0 Å². The Morgan fingerprint density at radius 2 is 2.09 bits per heavy atom. The smallest absolute Gasteiger partial charge is 0.228 e. The fourth-order valence-electron chi connectivity index (χ4n) is 4.29. The van der Waals surface area contributed by atoms with Crippen LogP contribution in [0.3, 0.4) is 0 Å². The molecule has 0 aromatic carbocycles. The first-order valence-corrected chi connectivity index (χ1v) is 12.2. The zero-order chi connectivity index (χ0) is 22.7. The van der Waals surface area contributed by atoms with Crippen LogP contribution in [-0.4, -0.2) is 87.6 Å². The number of rotatable bonds is 5. The van der Waals surface area contributed by atoms with E-state index < -0.39 is 11.2 Å². The normalized spacial score (nSPS) is 24.2. The first kappa shape index (κ1) is 22.4. The van der Waals surface area contributed by atoms with Gasteiger partial charge in [0.1, 0.15) is 17.3 Å². The van der Waals surface area contributed by atoms with Gasteiger partial charge in [0.15, 0.2) is 5.82 Å². The van der Waals surface area contributed by atoms with Crippen LogP contribution in [0.5, 0.6) is 0 Å². The van der Waals surface area contributed by atoms with Crippen molar-refractivity contribution < 1.29 is 9.35 Å². The molecule has 1 aromatic rings. The number of amides is 1. The Balaban J connectivity index is 1.52. The number of aromatic nitrogens is 2. The second kappa shape index (κ2) is 9.78. The molecule has 172 valence electrons. The number of nitrogens with zero attached hydrogens (tertiary/aromatic N) is 6. The number of fused-ring (bicyclic) bond motifs is 1. The lowest BCUT2D eigenvalue weighted by atomic mass is 10.1. The summed E-state index contributed by atoms with van der Waals surface area (Å²) in [6.45, 7) is 7.25. The van der Waals surface area contributed by atoms with Crippen LogP contribution in [0.2, 0.25) is 0 Å². The molecule has 0 radical (unpaired) electrons. The van der Waals surface area contributed by atoms with Gasteiger partial charge in [0.05, 0.1) is 0 Å². The minimum absolute atomic E-state index is 0.0831. The molecule has 2 atom stereocenters. The van der Waals surface area contributed by atoms with Gasteiger partial charge in [-0.25, -0.2) is 9.98 Å². The number of anilines is 2. The molecule has 3 aliphatic rings. The second-order valence-corrected chi connectivity index (χ2v) is 9.61. The summed E-state index contributed by atoms with van der Waals surface area (Å²) in [6.07, 6.45) is 6.69. The van der Waals surface area contributed by atoms with E-state index in [9.17, 15) is 9.35 Å². The lowest BCUT2D eigenvalue weighted by Crippen LogP contribution is -2.49. The number of hydrogen-bond acceptors (Lipinski definition) is 8. The van der Waals surface area contributed by atoms with Crippen molar-refractivity contribution in [2.24, 2.45) is 10.7 Å². The molecular weight excluding hydrogens is 428 g/mol. The van der Waals surface area contributed by atoms with Gasteiger partial charge in [-0.3, -0.25) is 4.79 Å². The SMILES string of the molecule is C=C/N=C(\C=C/N)N1CCN(c2nc3c(c(N[C@H]4CCC(=O)N(C)C4)n2)[S+]([O-])CC3)CC1. The number of nitrogens with one attached hydrogen (secondary N) is 1. The molecule has 0 aliphatic carbocycles. The van der Waals surface area contributed by atoms with Gasteiger partial charge >= 0.3 is 0 Å². The lowest BCUT2D eigenvalue weighted by Gasteiger charge is -2.36. The number of carbonyl (C=O) groups excluding carboxylic acids is 1. The standard InChI is InChI=1S/C21H30N8O2S/c1-3-23-17(6-8-22)28-9-11-29(12-10-28)21-25-16-7-13-32(31)19(16)20(26-21)24-15-4-5-18(30)27(2)14-15/h3,6,8,15H,1,4-5,7,9-14,22H2,2H3,(H,24,25,26)/b8-6-,23-17+/t15-,32?/m0/s1. The predicted octanol–water partition coefficient (Wildman–Crippen LogP) is 0.309. The van der Waals surface area contributed by atoms with Gasteiger partial charge in [-0.15, -0.1) is 0 Å². The van der Waals surface area contributed by atoms with Crippen molar-refractivity contribution in [3.8, 4) is 0 Å². The molecule has 11 heteroatoms. The summed E-state index contributed by atoms with van der Waals surface area (Å²) >= 11 is -1.10. The first-order chi connectivity index (χ1) is 15.5. The molecule has 0 bridgehead atoms. The summed E-state index contributed by atoms with van der Waals surface area (Å²) in [5.41, 5.74) is 6.41. The summed E-state index contributed by atoms with van der Waals surface area (Å²) in [4.78, 5) is 32.5. The van der Waals surface area contributed by atoms with Gasteiger partial charge in [-0.1, -0.05) is 6.58 Å². The van der Waals surface area contributed by atoms with Crippen LogP contribution in [0.25, 0.3) is 0 Å². The highest BCUT2D eigenvalue weighted by Gasteiger charge is 2.35. The van der Waals surface area contributed by atoms with E-state index in [1.54, 1.807) is 11.0 Å². The van der Waals surface area contributed by atoms with Crippen molar-refractivity contribution in [1.82, 2.24) is 19.8 Å². The molecule has 0 spiro atoms. The van der Waals surface area contributed by atoms with Crippen molar-refractivity contribution >= 4 is 34.7 Å². The average Bonchev–Trinajstić information content (AvgIpc) is 3.17. The summed E-state index contributed by atoms with van der Waals surface area (Å²) < 4.78 is 12.6. The van der Waals surface area contributed by atoms with Crippen LogP contribution < -0.4 is 16.0 Å². The number of hydrogen-bond donors (Lipinski definition) is 2. The Morgan fingerprint density at radius 1 is 1.31 bits per heavy atom. The van der Waals surface area contributed by atoms with Crippen molar-refractivity contribution in [3.63, 3.8) is 0 Å². The summed E-state index contributed by atoms with van der Waals surface area (Å²) in [5, 5.41) is 3.47. The molecule has 3 N–H and O–H groups in total. The highest BCUT2D eigenvalue weighted by atomic mass is 32.2. The number of likely N-dealkylation sites (N-methyl/N-ethyl adjacent to an activating group) is 1. The Morgan fingerprint density at radius 3 is 2.78 bits per heavy atom. The van der Waals surface area contributed by atoms with Gasteiger partial charge in [0.2, 0.25) is 16.8 Å². The summed E-state index contributed by atoms with van der Waals surface area (Å²) in [7, 11) is 1.81. The van der Waals surface area contributed by atoms with Crippen LogP contribution in [0.4, 0.5) is 11.8 Å². The Bertz CT molecular complexity index is 929. The van der Waals surface area contributed by atoms with Crippen LogP contribution in [-0.2, 0) is 22.4 Å². The van der Waals surface area contributed by atoms with Crippen molar-refractivity contribution in [2.75, 3.05) is 55.7 Å². The molecule has 1 aromatic heterocycles. The fraction of sp³-hybridized carbons (Fsp3) is 0.524. The monoisotopic (exact) mass is 458 g/mol. The number of piperidine rings is 1. The minimum atomic E-state index is -1.10. The number of likely N-dealkylation sites (tertiary alicyclic amines) is 1. The maximum absolute atomic E-state index is 12.6. The predicted molar refractivity (Wildman–Crippen MR) is 126 cm³/mol. The molecule has 2 saturated heterocycles. The Labute approximate surface area is 191 Å². The third-order valence-electron chi connectivity index (χ3n) is 6.00. The third-order valence-corrected chi connectivity index (χ3v) is 7.46. The zero-order valence-electron chi connectivity index (χ0n) is 18.4. The molecule has 2 fully saturated rings. The highest BCUT2D eigenvalue weighted by Crippen LogP contribution is 2.33. The average molecular weight is 459 g/mol. The molecule has 4 rings (SSSR count). The molecular formula is C21H30N8O2S. The van der Waals surface area contributed by atoms with E-state index in [1.165, 1.54) is 12.4 Å². The van der Waals surface area contributed by atoms with Gasteiger partial charge in [-0.05, 0) is 29.9 Å². The second-order valence-electron chi connectivity index (χ2n) is 8.10. The maximum atomic E-state index is 12.6. The molecule has 0 saturated carbocycles. The van der Waals surface area contributed by atoms with Crippen molar-refractivity contribution in [2.45, 2.75) is 30.2 Å². The van der Waals surface area contributed by atoms with Gasteiger partial charge < -0.3 is 30.3 Å². The molecule has 10 nitrogen and oxygen atoms in total. The quantitative estimate of drug-likeness (QED) is 0.367. The number of nitrogens with two attached hydrogens (primary N) is 1. The Kier molecular flexibility index (Phi) is 6.85. The van der Waals surface area contributed by atoms with E-state index in [-0.39, 0.29) is 11.9 Å². The van der Waals surface area contributed by atoms with Crippen LogP contribution in [0.15, 0.2) is 34.9 Å². The molecule has 1 unspecified atom stereocenters. The van der Waals surface area contributed by atoms with Crippen molar-refractivity contribution in [1.29, 1.82) is 0 Å². The largest absolute Gasteiger partial charge is 0.611 e. The van der Waals surface area contributed by atoms with Gasteiger partial charge in [0, 0.05) is 64.9 Å². The van der Waals surface area contributed by atoms with E-state index in [2.05, 4.69) is 26.7 Å². The van der Waals surface area contributed by atoms with Crippen molar-refractivity contribution in [3.05, 3.63) is 30.7 Å². The number of piperazine rings is 1. The lowest BCUT2D eigenvalue weighted by molar-refractivity contribution is -0.132. The van der Waals surface area contributed by atoms with Crippen LogP contribution in [0.1, 0.15) is 18.5 Å². The van der Waals surface area contributed by atoms with Crippen LogP contribution in [0, 0.1) is 0 Å². The van der Waals surface area contributed by atoms with Gasteiger partial charge in [-0.2, -0.15) is 4.98 Å². The summed E-state index contributed by atoms with van der Waals surface area (Å²) in [6, 6.07) is 0.0831. The van der Waals surface area contributed by atoms with Gasteiger partial charge in [0.25, 0.3) is 0 Å². The van der Waals surface area contributed by atoms with E-state index in [4.69, 9.17) is 15.7 Å². The van der Waals surface area contributed by atoms with E-state index >= 15 is 0 Å². The zero-order valence-corrected chi connectivity index (χ0v) is 19.2. The molecule has 4 heterocycles.